The molecule has 0 fully saturated rings. The molecule has 1 aromatic carbocycles. The highest BCUT2D eigenvalue weighted by atomic mass is 19.1. The van der Waals surface area contributed by atoms with Crippen LogP contribution in [0.4, 0.5) is 4.39 Å². The Morgan fingerprint density at radius 3 is 2.30 bits per heavy atom. The fraction of sp³-hybridized carbons (Fsp3) is 0.529. The van der Waals surface area contributed by atoms with Crippen LogP contribution in [0.3, 0.4) is 0 Å². The van der Waals surface area contributed by atoms with Gasteiger partial charge in [0.05, 0.1) is 12.6 Å². The monoisotopic (exact) mass is 323 g/mol. The van der Waals surface area contributed by atoms with Crippen molar-refractivity contribution in [2.24, 2.45) is 11.1 Å². The first-order chi connectivity index (χ1) is 10.6. The number of amides is 2. The van der Waals surface area contributed by atoms with Crippen LogP contribution in [-0.2, 0) is 16.1 Å². The molecular formula is C17H26FN3O2. The van der Waals surface area contributed by atoms with E-state index in [1.165, 1.54) is 17.0 Å². The van der Waals surface area contributed by atoms with Crippen molar-refractivity contribution < 1.29 is 14.0 Å². The lowest BCUT2D eigenvalue weighted by Gasteiger charge is -2.31. The molecular weight excluding hydrogens is 297 g/mol. The van der Waals surface area contributed by atoms with E-state index >= 15 is 0 Å². The molecule has 128 valence electrons. The summed E-state index contributed by atoms with van der Waals surface area (Å²) in [6.07, 6.45) is 0. The van der Waals surface area contributed by atoms with Crippen LogP contribution in [0.15, 0.2) is 24.3 Å². The first kappa shape index (κ1) is 19.1. The number of rotatable bonds is 6. The third-order valence-corrected chi connectivity index (χ3v) is 3.63. The summed E-state index contributed by atoms with van der Waals surface area (Å²) in [5, 5.41) is 2.72. The van der Waals surface area contributed by atoms with E-state index in [0.717, 1.165) is 5.56 Å². The number of hydrogen-bond acceptors (Lipinski definition) is 3. The van der Waals surface area contributed by atoms with Crippen LogP contribution < -0.4 is 11.1 Å². The molecule has 1 atom stereocenters. The van der Waals surface area contributed by atoms with E-state index < -0.39 is 6.04 Å². The summed E-state index contributed by atoms with van der Waals surface area (Å²) >= 11 is 0. The maximum absolute atomic E-state index is 12.8. The Balaban J connectivity index is 2.56. The van der Waals surface area contributed by atoms with Gasteiger partial charge in [-0.25, -0.2) is 4.39 Å². The Morgan fingerprint density at radius 2 is 1.83 bits per heavy atom. The number of carbonyl (C=O) groups is 2. The molecule has 0 unspecified atom stereocenters. The van der Waals surface area contributed by atoms with Gasteiger partial charge in [-0.05, 0) is 30.0 Å². The highest BCUT2D eigenvalue weighted by molar-refractivity contribution is 5.87. The third kappa shape index (κ3) is 5.98. The van der Waals surface area contributed by atoms with E-state index in [1.54, 1.807) is 19.1 Å². The zero-order valence-corrected chi connectivity index (χ0v) is 14.2. The lowest BCUT2D eigenvalue weighted by molar-refractivity contribution is -0.138. The van der Waals surface area contributed by atoms with Crippen molar-refractivity contribution in [1.82, 2.24) is 10.2 Å². The third-order valence-electron chi connectivity index (χ3n) is 3.63. The molecule has 0 aliphatic carbocycles. The number of nitrogens with one attached hydrogen (secondary N) is 1. The predicted octanol–water partition coefficient (Wildman–Crippen LogP) is 1.66. The van der Waals surface area contributed by atoms with Crippen LogP contribution in [0.5, 0.6) is 0 Å². The van der Waals surface area contributed by atoms with E-state index in [0.29, 0.717) is 6.54 Å². The lowest BCUT2D eigenvalue weighted by atomic mass is 9.86. The molecule has 0 saturated heterocycles. The average molecular weight is 323 g/mol. The van der Waals surface area contributed by atoms with Crippen molar-refractivity contribution in [1.29, 1.82) is 0 Å². The molecule has 6 heteroatoms. The van der Waals surface area contributed by atoms with E-state index in [1.807, 2.05) is 20.8 Å². The van der Waals surface area contributed by atoms with Gasteiger partial charge in [-0.1, -0.05) is 32.9 Å². The Kier molecular flexibility index (Phi) is 6.69. The number of hydrogen-bond donors (Lipinski definition) is 2. The van der Waals surface area contributed by atoms with E-state index in [-0.39, 0.29) is 36.1 Å². The molecule has 0 aliphatic heterocycles. The molecule has 1 aromatic rings. The second-order valence-electron chi connectivity index (χ2n) is 6.60. The van der Waals surface area contributed by atoms with E-state index in [4.69, 9.17) is 5.73 Å². The molecule has 23 heavy (non-hydrogen) atoms. The first-order valence-electron chi connectivity index (χ1n) is 7.70. The average Bonchev–Trinajstić information content (AvgIpc) is 2.49. The molecule has 0 spiro atoms. The summed E-state index contributed by atoms with van der Waals surface area (Å²) in [5.74, 6) is -0.832. The maximum atomic E-state index is 12.8. The Bertz CT molecular complexity index is 538. The number of nitrogens with two attached hydrogens (primary N) is 1. The van der Waals surface area contributed by atoms with Crippen LogP contribution in [0.25, 0.3) is 0 Å². The largest absolute Gasteiger partial charge is 0.350 e. The summed E-state index contributed by atoms with van der Waals surface area (Å²) in [7, 11) is 0. The fourth-order valence-electron chi connectivity index (χ4n) is 1.94. The summed E-state index contributed by atoms with van der Waals surface area (Å²) in [6.45, 7) is 8.12. The van der Waals surface area contributed by atoms with Crippen LogP contribution in [-0.4, -0.2) is 35.8 Å². The van der Waals surface area contributed by atoms with Gasteiger partial charge in [-0.3, -0.25) is 9.59 Å². The molecule has 0 bridgehead atoms. The Morgan fingerprint density at radius 1 is 1.26 bits per heavy atom. The Hall–Kier alpha value is -1.95. The van der Waals surface area contributed by atoms with Gasteiger partial charge in [0.2, 0.25) is 11.8 Å². The quantitative estimate of drug-likeness (QED) is 0.836. The minimum absolute atomic E-state index is 0.0414. The normalized spacial score (nSPS) is 12.6. The van der Waals surface area contributed by atoms with Gasteiger partial charge in [0.1, 0.15) is 5.82 Å². The predicted molar refractivity (Wildman–Crippen MR) is 87.9 cm³/mol. The van der Waals surface area contributed by atoms with Crippen molar-refractivity contribution in [3.8, 4) is 0 Å². The summed E-state index contributed by atoms with van der Waals surface area (Å²) in [6, 6.07) is 5.23. The number of halogens is 1. The first-order valence-corrected chi connectivity index (χ1v) is 7.70. The van der Waals surface area contributed by atoms with Crippen LogP contribution >= 0.6 is 0 Å². The van der Waals surface area contributed by atoms with Gasteiger partial charge in [0, 0.05) is 13.1 Å². The molecule has 0 saturated carbocycles. The second-order valence-corrected chi connectivity index (χ2v) is 6.60. The number of nitrogens with zero attached hydrogens (tertiary/aromatic N) is 1. The van der Waals surface area contributed by atoms with Gasteiger partial charge in [0.25, 0.3) is 0 Å². The number of benzene rings is 1. The summed E-state index contributed by atoms with van der Waals surface area (Å²) in [4.78, 5) is 25.8. The molecule has 0 aliphatic rings. The molecule has 0 radical (unpaired) electrons. The lowest BCUT2D eigenvalue weighted by Crippen LogP contribution is -2.52. The van der Waals surface area contributed by atoms with Crippen molar-refractivity contribution in [2.75, 3.05) is 13.1 Å². The van der Waals surface area contributed by atoms with Crippen molar-refractivity contribution in [2.45, 2.75) is 40.3 Å². The van der Waals surface area contributed by atoms with Crippen LogP contribution in [0.2, 0.25) is 0 Å². The minimum Gasteiger partial charge on any atom is -0.350 e. The van der Waals surface area contributed by atoms with E-state index in [2.05, 4.69) is 5.32 Å². The highest BCUT2D eigenvalue weighted by Gasteiger charge is 2.31. The van der Waals surface area contributed by atoms with Gasteiger partial charge < -0.3 is 16.0 Å². The molecule has 5 nitrogen and oxygen atoms in total. The van der Waals surface area contributed by atoms with Crippen molar-refractivity contribution in [3.63, 3.8) is 0 Å². The number of likely N-dealkylation sites (N-methyl/N-ethyl adjacent to an activating group) is 1. The van der Waals surface area contributed by atoms with Crippen LogP contribution in [0.1, 0.15) is 33.3 Å². The standard InChI is InChI=1S/C17H26FN3O2/c1-5-21(16(23)15(19)17(2,3)4)11-14(22)20-10-12-6-8-13(18)9-7-12/h6-9,15H,5,10-11,19H2,1-4H3,(H,20,22)/t15-/m1/s1. The summed E-state index contributed by atoms with van der Waals surface area (Å²) < 4.78 is 12.8. The maximum Gasteiger partial charge on any atom is 0.240 e. The van der Waals surface area contributed by atoms with Gasteiger partial charge in [-0.2, -0.15) is 0 Å². The smallest absolute Gasteiger partial charge is 0.240 e. The van der Waals surface area contributed by atoms with Crippen molar-refractivity contribution >= 4 is 11.8 Å². The highest BCUT2D eigenvalue weighted by Crippen LogP contribution is 2.19. The van der Waals surface area contributed by atoms with E-state index in [9.17, 15) is 14.0 Å². The molecule has 2 amide bonds. The molecule has 0 aromatic heterocycles. The SMILES string of the molecule is CCN(CC(=O)NCc1ccc(F)cc1)C(=O)[C@@H](N)C(C)(C)C. The molecule has 3 N–H and O–H groups in total. The van der Waals surface area contributed by atoms with Gasteiger partial charge in [-0.15, -0.1) is 0 Å². The van der Waals surface area contributed by atoms with Gasteiger partial charge >= 0.3 is 0 Å². The Labute approximate surface area is 137 Å². The molecule has 0 heterocycles. The van der Waals surface area contributed by atoms with Crippen LogP contribution in [0, 0.1) is 11.2 Å². The minimum atomic E-state index is -0.660. The fourth-order valence-corrected chi connectivity index (χ4v) is 1.94. The van der Waals surface area contributed by atoms with Gasteiger partial charge in [0.15, 0.2) is 0 Å². The van der Waals surface area contributed by atoms with Crippen molar-refractivity contribution in [3.05, 3.63) is 35.6 Å². The summed E-state index contributed by atoms with van der Waals surface area (Å²) in [5.41, 5.74) is 6.39. The topological polar surface area (TPSA) is 75.4 Å². The molecule has 1 rings (SSSR count). The zero-order chi connectivity index (χ0) is 17.6. The number of carbonyl (C=O) groups excluding carboxylic acids is 2. The second kappa shape index (κ2) is 8.06. The zero-order valence-electron chi connectivity index (χ0n) is 14.2.